The van der Waals surface area contributed by atoms with Crippen LogP contribution in [0.15, 0.2) is 18.2 Å². The van der Waals surface area contributed by atoms with Crippen molar-refractivity contribution in [2.45, 2.75) is 44.9 Å². The number of nitrogens with one attached hydrogen (secondary N) is 1. The Morgan fingerprint density at radius 3 is 2.65 bits per heavy atom. The third-order valence-corrected chi connectivity index (χ3v) is 4.98. The SMILES string of the molecule is O=C(NCC1(CO)CCCC1)c1ccc2c(c1)CCC2. The van der Waals surface area contributed by atoms with Crippen molar-refractivity contribution in [1.29, 1.82) is 0 Å². The van der Waals surface area contributed by atoms with Gasteiger partial charge in [-0.05, 0) is 55.4 Å². The molecule has 1 aromatic rings. The third-order valence-electron chi connectivity index (χ3n) is 4.98. The highest BCUT2D eigenvalue weighted by Gasteiger charge is 2.33. The van der Waals surface area contributed by atoms with Gasteiger partial charge in [-0.1, -0.05) is 18.9 Å². The maximum atomic E-state index is 12.3. The van der Waals surface area contributed by atoms with Crippen LogP contribution < -0.4 is 5.32 Å². The van der Waals surface area contributed by atoms with Gasteiger partial charge in [0.15, 0.2) is 0 Å². The van der Waals surface area contributed by atoms with E-state index in [1.54, 1.807) is 0 Å². The number of aliphatic hydroxyl groups is 1. The van der Waals surface area contributed by atoms with E-state index in [1.807, 2.05) is 12.1 Å². The van der Waals surface area contributed by atoms with E-state index in [0.29, 0.717) is 6.54 Å². The van der Waals surface area contributed by atoms with Gasteiger partial charge in [0.25, 0.3) is 5.91 Å². The second kappa shape index (κ2) is 5.57. The molecule has 2 N–H and O–H groups in total. The fourth-order valence-corrected chi connectivity index (χ4v) is 3.60. The van der Waals surface area contributed by atoms with Gasteiger partial charge in [0, 0.05) is 17.5 Å². The molecule has 3 nitrogen and oxygen atoms in total. The second-order valence-corrected chi connectivity index (χ2v) is 6.38. The van der Waals surface area contributed by atoms with Crippen molar-refractivity contribution in [1.82, 2.24) is 5.32 Å². The zero-order valence-electron chi connectivity index (χ0n) is 12.0. The molecule has 0 radical (unpaired) electrons. The lowest BCUT2D eigenvalue weighted by Gasteiger charge is -2.26. The summed E-state index contributed by atoms with van der Waals surface area (Å²) < 4.78 is 0. The van der Waals surface area contributed by atoms with Crippen molar-refractivity contribution in [2.24, 2.45) is 5.41 Å². The van der Waals surface area contributed by atoms with Crippen LogP contribution in [-0.4, -0.2) is 24.2 Å². The molecule has 1 amide bonds. The van der Waals surface area contributed by atoms with Gasteiger partial charge in [-0.25, -0.2) is 0 Å². The molecule has 0 aromatic heterocycles. The first-order valence-electron chi connectivity index (χ1n) is 7.73. The lowest BCUT2D eigenvalue weighted by atomic mass is 9.87. The summed E-state index contributed by atoms with van der Waals surface area (Å²) in [6.45, 7) is 0.775. The van der Waals surface area contributed by atoms with Crippen LogP contribution in [0, 0.1) is 5.41 Å². The molecule has 1 saturated carbocycles. The van der Waals surface area contributed by atoms with E-state index in [1.165, 1.54) is 17.5 Å². The van der Waals surface area contributed by atoms with Crippen LogP contribution in [0.5, 0.6) is 0 Å². The molecule has 1 fully saturated rings. The average molecular weight is 273 g/mol. The zero-order chi connectivity index (χ0) is 14.0. The predicted octanol–water partition coefficient (Wildman–Crippen LogP) is 2.46. The van der Waals surface area contributed by atoms with Crippen molar-refractivity contribution in [3.05, 3.63) is 34.9 Å². The first-order chi connectivity index (χ1) is 9.72. The summed E-state index contributed by atoms with van der Waals surface area (Å²) in [7, 11) is 0. The molecule has 0 aliphatic heterocycles. The number of carbonyl (C=O) groups excluding carboxylic acids is 1. The Hall–Kier alpha value is -1.35. The van der Waals surface area contributed by atoms with E-state index in [2.05, 4.69) is 11.4 Å². The fourth-order valence-electron chi connectivity index (χ4n) is 3.60. The Bertz CT molecular complexity index is 504. The molecule has 108 valence electrons. The maximum Gasteiger partial charge on any atom is 0.251 e. The Morgan fingerprint density at radius 1 is 1.15 bits per heavy atom. The van der Waals surface area contributed by atoms with Crippen LogP contribution in [0.4, 0.5) is 0 Å². The second-order valence-electron chi connectivity index (χ2n) is 6.38. The van der Waals surface area contributed by atoms with E-state index in [0.717, 1.165) is 44.1 Å². The van der Waals surface area contributed by atoms with Gasteiger partial charge in [-0.15, -0.1) is 0 Å². The minimum absolute atomic E-state index is 0.000532. The Morgan fingerprint density at radius 2 is 1.90 bits per heavy atom. The molecule has 2 aliphatic rings. The lowest BCUT2D eigenvalue weighted by molar-refractivity contribution is 0.0880. The van der Waals surface area contributed by atoms with E-state index in [4.69, 9.17) is 0 Å². The Labute approximate surface area is 120 Å². The van der Waals surface area contributed by atoms with Crippen molar-refractivity contribution in [2.75, 3.05) is 13.2 Å². The van der Waals surface area contributed by atoms with E-state index in [-0.39, 0.29) is 17.9 Å². The van der Waals surface area contributed by atoms with Gasteiger partial charge >= 0.3 is 0 Å². The number of amides is 1. The first-order valence-corrected chi connectivity index (χ1v) is 7.73. The van der Waals surface area contributed by atoms with Crippen molar-refractivity contribution < 1.29 is 9.90 Å². The summed E-state index contributed by atoms with van der Waals surface area (Å²) in [5.74, 6) is -0.000532. The summed E-state index contributed by atoms with van der Waals surface area (Å²) in [5.41, 5.74) is 3.41. The summed E-state index contributed by atoms with van der Waals surface area (Å²) in [6.07, 6.45) is 7.81. The molecule has 0 saturated heterocycles. The molecular weight excluding hydrogens is 250 g/mol. The van der Waals surface area contributed by atoms with Crippen molar-refractivity contribution in [3.63, 3.8) is 0 Å². The number of benzene rings is 1. The van der Waals surface area contributed by atoms with Crippen LogP contribution >= 0.6 is 0 Å². The molecule has 0 unspecified atom stereocenters. The van der Waals surface area contributed by atoms with Crippen LogP contribution in [-0.2, 0) is 12.8 Å². The zero-order valence-corrected chi connectivity index (χ0v) is 12.0. The normalized spacial score (nSPS) is 19.9. The average Bonchev–Trinajstić information content (AvgIpc) is 3.13. The summed E-state index contributed by atoms with van der Waals surface area (Å²) in [6, 6.07) is 6.06. The van der Waals surface area contributed by atoms with Gasteiger partial charge in [0.05, 0.1) is 6.61 Å². The molecule has 20 heavy (non-hydrogen) atoms. The van der Waals surface area contributed by atoms with Gasteiger partial charge in [-0.2, -0.15) is 0 Å². The molecule has 0 heterocycles. The highest BCUT2D eigenvalue weighted by molar-refractivity contribution is 5.94. The fraction of sp³-hybridized carbons (Fsp3) is 0.588. The van der Waals surface area contributed by atoms with E-state index in [9.17, 15) is 9.90 Å². The summed E-state index contributed by atoms with van der Waals surface area (Å²) in [5, 5.41) is 12.6. The standard InChI is InChI=1S/C17H23NO2/c19-12-17(8-1-2-9-17)11-18-16(20)15-7-6-13-4-3-5-14(13)10-15/h6-7,10,19H,1-5,8-9,11-12H2,(H,18,20). The third kappa shape index (κ3) is 2.59. The molecule has 3 rings (SSSR count). The van der Waals surface area contributed by atoms with E-state index < -0.39 is 0 Å². The van der Waals surface area contributed by atoms with Crippen LogP contribution in [0.3, 0.4) is 0 Å². The minimum Gasteiger partial charge on any atom is -0.396 e. The highest BCUT2D eigenvalue weighted by Crippen LogP contribution is 2.37. The number of aliphatic hydroxyl groups excluding tert-OH is 1. The smallest absolute Gasteiger partial charge is 0.251 e. The molecule has 1 aromatic carbocycles. The number of carbonyl (C=O) groups is 1. The molecule has 0 bridgehead atoms. The van der Waals surface area contributed by atoms with Crippen LogP contribution in [0.2, 0.25) is 0 Å². The molecule has 2 aliphatic carbocycles. The maximum absolute atomic E-state index is 12.3. The topological polar surface area (TPSA) is 49.3 Å². The number of rotatable bonds is 4. The molecule has 0 atom stereocenters. The highest BCUT2D eigenvalue weighted by atomic mass is 16.3. The first kappa shape index (κ1) is 13.6. The minimum atomic E-state index is -0.0770. The largest absolute Gasteiger partial charge is 0.396 e. The number of hydrogen-bond donors (Lipinski definition) is 2. The van der Waals surface area contributed by atoms with Crippen molar-refractivity contribution in [3.8, 4) is 0 Å². The summed E-state index contributed by atoms with van der Waals surface area (Å²) >= 11 is 0. The van der Waals surface area contributed by atoms with Gasteiger partial charge < -0.3 is 10.4 Å². The Kier molecular flexibility index (Phi) is 3.79. The molecule has 3 heteroatoms. The predicted molar refractivity (Wildman–Crippen MR) is 78.8 cm³/mol. The van der Waals surface area contributed by atoms with Gasteiger partial charge in [0.2, 0.25) is 0 Å². The monoisotopic (exact) mass is 273 g/mol. The van der Waals surface area contributed by atoms with Crippen LogP contribution in [0.25, 0.3) is 0 Å². The number of fused-ring (bicyclic) bond motifs is 1. The number of hydrogen-bond acceptors (Lipinski definition) is 2. The van der Waals surface area contributed by atoms with Gasteiger partial charge in [0.1, 0.15) is 0 Å². The van der Waals surface area contributed by atoms with Crippen molar-refractivity contribution >= 4 is 5.91 Å². The van der Waals surface area contributed by atoms with E-state index >= 15 is 0 Å². The number of aryl methyl sites for hydroxylation is 2. The van der Waals surface area contributed by atoms with Crippen LogP contribution in [0.1, 0.15) is 53.6 Å². The molecular formula is C17H23NO2. The Balaban J connectivity index is 1.64. The lowest BCUT2D eigenvalue weighted by Crippen LogP contribution is -2.38. The summed E-state index contributed by atoms with van der Waals surface area (Å²) in [4.78, 5) is 12.3. The molecule has 0 spiro atoms. The van der Waals surface area contributed by atoms with Gasteiger partial charge in [-0.3, -0.25) is 4.79 Å². The quantitative estimate of drug-likeness (QED) is 0.885.